The van der Waals surface area contributed by atoms with Gasteiger partial charge in [-0.25, -0.2) is 0 Å². The molecule has 0 spiro atoms. The van der Waals surface area contributed by atoms with Crippen LogP contribution in [-0.2, 0) is 4.79 Å². The van der Waals surface area contributed by atoms with E-state index >= 15 is 0 Å². The van der Waals surface area contributed by atoms with Crippen LogP contribution >= 0.6 is 0 Å². The molecule has 0 aromatic carbocycles. The van der Waals surface area contributed by atoms with Gasteiger partial charge in [0.1, 0.15) is 0 Å². The molecule has 1 amide bonds. The second kappa shape index (κ2) is 3.72. The van der Waals surface area contributed by atoms with E-state index < -0.39 is 0 Å². The predicted octanol–water partition coefficient (Wildman–Crippen LogP) is 1.63. The maximum Gasteiger partial charge on any atom is 0.228 e. The third kappa shape index (κ3) is 1.49. The number of rotatable bonds is 2. The molecule has 3 heteroatoms. The molecule has 100 valence electrons. The number of amides is 1. The van der Waals surface area contributed by atoms with E-state index in [-0.39, 0.29) is 5.41 Å². The summed E-state index contributed by atoms with van der Waals surface area (Å²) < 4.78 is 0. The molecule has 18 heavy (non-hydrogen) atoms. The van der Waals surface area contributed by atoms with E-state index in [2.05, 4.69) is 10.2 Å². The van der Waals surface area contributed by atoms with Crippen molar-refractivity contribution in [3.05, 3.63) is 0 Å². The highest BCUT2D eigenvalue weighted by Crippen LogP contribution is 2.60. The fraction of sp³-hybridized carbons (Fsp3) is 0.933. The Kier molecular flexibility index (Phi) is 2.33. The monoisotopic (exact) mass is 248 g/mol. The lowest BCUT2D eigenvalue weighted by atomic mass is 9.49. The van der Waals surface area contributed by atoms with Crippen LogP contribution in [0.15, 0.2) is 0 Å². The van der Waals surface area contributed by atoms with Gasteiger partial charge in [0.05, 0.1) is 11.5 Å². The standard InChI is InChI=1S/C15H24N2O/c1-17(13-8-16-9-13)14(18)15-5-10-2-11(6-15)4-12(3-10)7-15/h10-13,16H,2-9H2,1H3. The first-order chi connectivity index (χ1) is 8.66. The maximum atomic E-state index is 12.9. The predicted molar refractivity (Wildman–Crippen MR) is 70.0 cm³/mol. The number of hydrogen-bond acceptors (Lipinski definition) is 2. The lowest BCUT2D eigenvalue weighted by Crippen LogP contribution is -2.62. The molecule has 4 aliphatic carbocycles. The molecule has 0 aromatic rings. The minimum Gasteiger partial charge on any atom is -0.340 e. The second-order valence-corrected chi connectivity index (χ2v) is 7.43. The Labute approximate surface area is 109 Å². The van der Waals surface area contributed by atoms with Gasteiger partial charge >= 0.3 is 0 Å². The highest BCUT2D eigenvalue weighted by atomic mass is 16.2. The highest BCUT2D eigenvalue weighted by molar-refractivity contribution is 5.83. The molecule has 1 saturated heterocycles. The van der Waals surface area contributed by atoms with Gasteiger partial charge in [0.15, 0.2) is 0 Å². The molecule has 1 aliphatic heterocycles. The van der Waals surface area contributed by atoms with Gasteiger partial charge in [0.25, 0.3) is 0 Å². The smallest absolute Gasteiger partial charge is 0.228 e. The van der Waals surface area contributed by atoms with Gasteiger partial charge in [0.2, 0.25) is 5.91 Å². The average Bonchev–Trinajstić information content (AvgIpc) is 2.23. The largest absolute Gasteiger partial charge is 0.340 e. The van der Waals surface area contributed by atoms with Crippen LogP contribution in [0.2, 0.25) is 0 Å². The Morgan fingerprint density at radius 2 is 1.56 bits per heavy atom. The summed E-state index contributed by atoms with van der Waals surface area (Å²) in [4.78, 5) is 15.0. The van der Waals surface area contributed by atoms with E-state index in [1.54, 1.807) is 0 Å². The van der Waals surface area contributed by atoms with Gasteiger partial charge in [-0.05, 0) is 56.3 Å². The summed E-state index contributed by atoms with van der Waals surface area (Å²) in [7, 11) is 2.03. The first-order valence-electron chi connectivity index (χ1n) is 7.64. The molecule has 4 bridgehead atoms. The first kappa shape index (κ1) is 11.3. The third-order valence-electron chi connectivity index (χ3n) is 6.12. The molecule has 0 atom stereocenters. The zero-order chi connectivity index (χ0) is 12.3. The summed E-state index contributed by atoms with van der Waals surface area (Å²) in [5, 5.41) is 3.28. The fourth-order valence-corrected chi connectivity index (χ4v) is 5.46. The lowest BCUT2D eigenvalue weighted by Gasteiger charge is -2.57. The fourth-order valence-electron chi connectivity index (χ4n) is 5.46. The topological polar surface area (TPSA) is 32.3 Å². The molecule has 1 N–H and O–H groups in total. The van der Waals surface area contributed by atoms with Crippen molar-refractivity contribution in [1.82, 2.24) is 10.2 Å². The zero-order valence-corrected chi connectivity index (χ0v) is 11.3. The summed E-state index contributed by atoms with van der Waals surface area (Å²) >= 11 is 0. The SMILES string of the molecule is CN(C(=O)C12CC3CC(CC(C3)C1)C2)C1CNC1. The minimum atomic E-state index is 0.0547. The van der Waals surface area contributed by atoms with Gasteiger partial charge < -0.3 is 10.2 Å². The van der Waals surface area contributed by atoms with E-state index in [0.717, 1.165) is 30.8 Å². The van der Waals surface area contributed by atoms with E-state index in [4.69, 9.17) is 0 Å². The van der Waals surface area contributed by atoms with Crippen molar-refractivity contribution in [3.8, 4) is 0 Å². The van der Waals surface area contributed by atoms with Crippen molar-refractivity contribution < 1.29 is 4.79 Å². The van der Waals surface area contributed by atoms with Crippen molar-refractivity contribution >= 4 is 5.91 Å². The Morgan fingerprint density at radius 3 is 1.94 bits per heavy atom. The maximum absolute atomic E-state index is 12.9. The molecule has 5 rings (SSSR count). The highest BCUT2D eigenvalue weighted by Gasteiger charge is 2.55. The first-order valence-corrected chi connectivity index (χ1v) is 7.64. The summed E-state index contributed by atoms with van der Waals surface area (Å²) in [5.41, 5.74) is 0.0547. The van der Waals surface area contributed by atoms with Crippen LogP contribution < -0.4 is 5.32 Å². The van der Waals surface area contributed by atoms with Crippen LogP contribution in [-0.4, -0.2) is 37.0 Å². The summed E-state index contributed by atoms with van der Waals surface area (Å²) in [5.74, 6) is 3.09. The molecule has 0 radical (unpaired) electrons. The number of nitrogens with one attached hydrogen (secondary N) is 1. The minimum absolute atomic E-state index is 0.0547. The van der Waals surface area contributed by atoms with Crippen LogP contribution in [0.1, 0.15) is 38.5 Å². The van der Waals surface area contributed by atoms with E-state index in [9.17, 15) is 4.79 Å². The summed E-state index contributed by atoms with van der Waals surface area (Å²) in [6, 6.07) is 0.463. The Morgan fingerprint density at radius 1 is 1.06 bits per heavy atom. The zero-order valence-electron chi connectivity index (χ0n) is 11.3. The number of hydrogen-bond donors (Lipinski definition) is 1. The van der Waals surface area contributed by atoms with Crippen LogP contribution in [0.4, 0.5) is 0 Å². The number of carbonyl (C=O) groups excluding carboxylic acids is 1. The van der Waals surface area contributed by atoms with Gasteiger partial charge in [0, 0.05) is 20.1 Å². The average molecular weight is 248 g/mol. The van der Waals surface area contributed by atoms with Crippen molar-refractivity contribution in [2.75, 3.05) is 20.1 Å². The van der Waals surface area contributed by atoms with Crippen LogP contribution in [0, 0.1) is 23.2 Å². The normalized spacial score (nSPS) is 45.9. The van der Waals surface area contributed by atoms with Gasteiger partial charge in [-0.2, -0.15) is 0 Å². The molecule has 4 saturated carbocycles. The molecule has 0 unspecified atom stereocenters. The lowest BCUT2D eigenvalue weighted by molar-refractivity contribution is -0.159. The van der Waals surface area contributed by atoms with Crippen molar-refractivity contribution in [2.45, 2.75) is 44.6 Å². The van der Waals surface area contributed by atoms with Crippen molar-refractivity contribution in [1.29, 1.82) is 0 Å². The van der Waals surface area contributed by atoms with Crippen molar-refractivity contribution in [2.24, 2.45) is 23.2 Å². The molecule has 3 nitrogen and oxygen atoms in total. The molecule has 5 aliphatic rings. The van der Waals surface area contributed by atoms with E-state index in [1.807, 2.05) is 7.05 Å². The Hall–Kier alpha value is -0.570. The Balaban J connectivity index is 1.57. The van der Waals surface area contributed by atoms with Crippen LogP contribution in [0.3, 0.4) is 0 Å². The Bertz CT molecular complexity index is 339. The molecule has 1 heterocycles. The van der Waals surface area contributed by atoms with Gasteiger partial charge in [-0.1, -0.05) is 0 Å². The third-order valence-corrected chi connectivity index (χ3v) is 6.12. The summed E-state index contributed by atoms with van der Waals surface area (Å²) in [6.07, 6.45) is 7.84. The molecular weight excluding hydrogens is 224 g/mol. The quantitative estimate of drug-likeness (QED) is 0.805. The second-order valence-electron chi connectivity index (χ2n) is 7.43. The van der Waals surface area contributed by atoms with Gasteiger partial charge in [-0.3, -0.25) is 4.79 Å². The van der Waals surface area contributed by atoms with E-state index in [1.165, 1.54) is 38.5 Å². The number of nitrogens with zero attached hydrogens (tertiary/aromatic N) is 1. The van der Waals surface area contributed by atoms with Crippen LogP contribution in [0.5, 0.6) is 0 Å². The number of likely N-dealkylation sites (N-methyl/N-ethyl adjacent to an activating group) is 1. The van der Waals surface area contributed by atoms with Gasteiger partial charge in [-0.15, -0.1) is 0 Å². The molecular formula is C15H24N2O. The number of carbonyl (C=O) groups is 1. The van der Waals surface area contributed by atoms with Crippen LogP contribution in [0.25, 0.3) is 0 Å². The molecule has 5 fully saturated rings. The summed E-state index contributed by atoms with van der Waals surface area (Å²) in [6.45, 7) is 1.99. The molecule has 0 aromatic heterocycles. The van der Waals surface area contributed by atoms with Crippen molar-refractivity contribution in [3.63, 3.8) is 0 Å². The van der Waals surface area contributed by atoms with E-state index in [0.29, 0.717) is 11.9 Å².